The maximum absolute atomic E-state index is 11.7. The molecular weight excluding hydrogens is 233 g/mol. The van der Waals surface area contributed by atoms with Gasteiger partial charge in [-0.05, 0) is 19.3 Å². The lowest BCUT2D eigenvalue weighted by Gasteiger charge is -2.06. The van der Waals surface area contributed by atoms with Crippen LogP contribution in [0.3, 0.4) is 0 Å². The summed E-state index contributed by atoms with van der Waals surface area (Å²) in [6.45, 7) is 3.47. The number of unbranched alkanes of at least 4 members (excludes halogenated alkanes) is 6. The van der Waals surface area contributed by atoms with Gasteiger partial charge in [0.05, 0.1) is 6.61 Å². The highest BCUT2D eigenvalue weighted by molar-refractivity contribution is 5.75. The second-order valence-corrected chi connectivity index (χ2v) is 3.83. The number of rotatable bonds is 9. The second kappa shape index (κ2) is 9.07. The zero-order valence-electron chi connectivity index (χ0n) is 9.89. The summed E-state index contributed by atoms with van der Waals surface area (Å²) in [6.07, 6.45) is 3.51. The number of ether oxygens (including phenoxy) is 1. The molecule has 0 saturated heterocycles. The van der Waals surface area contributed by atoms with E-state index in [0.717, 1.165) is 38.5 Å². The topological polar surface area (TPSA) is 26.3 Å². The first-order chi connectivity index (χ1) is 7.98. The number of carbonyl (C=O) groups excluding carboxylic acids is 1. The maximum Gasteiger partial charge on any atom is 0.490 e. The Hall–Kier alpha value is -1.00. The first-order valence-corrected chi connectivity index (χ1v) is 5.83. The molecule has 0 radical (unpaired) electrons. The Labute approximate surface area is 99.8 Å². The van der Waals surface area contributed by atoms with Gasteiger partial charge in [0.1, 0.15) is 0 Å². The molecule has 0 aromatic rings. The van der Waals surface area contributed by atoms with Crippen LogP contribution in [0.15, 0.2) is 12.7 Å². The van der Waals surface area contributed by atoms with Gasteiger partial charge in [0.15, 0.2) is 0 Å². The quantitative estimate of drug-likeness (QED) is 0.352. The number of allylic oxidation sites excluding steroid dienone is 1. The van der Waals surface area contributed by atoms with E-state index >= 15 is 0 Å². The van der Waals surface area contributed by atoms with Crippen LogP contribution >= 0.6 is 0 Å². The van der Waals surface area contributed by atoms with Crippen molar-refractivity contribution < 1.29 is 22.7 Å². The Kier molecular flexibility index (Phi) is 8.54. The highest BCUT2D eigenvalue weighted by Crippen LogP contribution is 2.16. The molecule has 0 bridgehead atoms. The number of esters is 1. The van der Waals surface area contributed by atoms with Gasteiger partial charge in [-0.25, -0.2) is 4.79 Å². The molecule has 0 heterocycles. The molecule has 5 heteroatoms. The average molecular weight is 252 g/mol. The summed E-state index contributed by atoms with van der Waals surface area (Å²) in [5.41, 5.74) is 0. The minimum atomic E-state index is -4.87. The summed E-state index contributed by atoms with van der Waals surface area (Å²) in [7, 11) is 0. The van der Waals surface area contributed by atoms with Crippen molar-refractivity contribution in [1.29, 1.82) is 0 Å². The van der Waals surface area contributed by atoms with Gasteiger partial charge in [-0.3, -0.25) is 0 Å². The van der Waals surface area contributed by atoms with E-state index in [9.17, 15) is 18.0 Å². The molecule has 0 aliphatic heterocycles. The van der Waals surface area contributed by atoms with Crippen LogP contribution in [0.4, 0.5) is 13.2 Å². The van der Waals surface area contributed by atoms with E-state index in [1.165, 1.54) is 0 Å². The molecule has 0 N–H and O–H groups in total. The molecule has 0 amide bonds. The summed E-state index contributed by atoms with van der Waals surface area (Å²) in [5.74, 6) is -2.09. The first kappa shape index (κ1) is 16.0. The summed E-state index contributed by atoms with van der Waals surface area (Å²) in [4.78, 5) is 10.3. The zero-order chi connectivity index (χ0) is 13.1. The third kappa shape index (κ3) is 9.90. The lowest BCUT2D eigenvalue weighted by Crippen LogP contribution is -2.25. The Morgan fingerprint density at radius 3 is 2.12 bits per heavy atom. The van der Waals surface area contributed by atoms with Crippen LogP contribution in [0.5, 0.6) is 0 Å². The predicted octanol–water partition coefficient (Wildman–Crippen LogP) is 4.01. The molecule has 0 fully saturated rings. The Bertz CT molecular complexity index is 224. The summed E-state index contributed by atoms with van der Waals surface area (Å²) >= 11 is 0. The van der Waals surface area contributed by atoms with Crippen LogP contribution in [-0.4, -0.2) is 18.8 Å². The van der Waals surface area contributed by atoms with Gasteiger partial charge in [0.2, 0.25) is 0 Å². The van der Waals surface area contributed by atoms with Gasteiger partial charge in [0.25, 0.3) is 0 Å². The van der Waals surface area contributed by atoms with Crippen LogP contribution in [0.2, 0.25) is 0 Å². The van der Waals surface area contributed by atoms with Crippen LogP contribution in [0, 0.1) is 0 Å². The smallest absolute Gasteiger partial charge is 0.459 e. The Balaban J connectivity index is 3.24. The predicted molar refractivity (Wildman–Crippen MR) is 59.5 cm³/mol. The number of carbonyl (C=O) groups is 1. The maximum atomic E-state index is 11.7. The molecule has 17 heavy (non-hydrogen) atoms. The number of hydrogen-bond acceptors (Lipinski definition) is 2. The molecule has 0 aromatic heterocycles. The van der Waals surface area contributed by atoms with Crippen LogP contribution < -0.4 is 0 Å². The summed E-state index contributed by atoms with van der Waals surface area (Å²) in [5, 5.41) is 0. The van der Waals surface area contributed by atoms with E-state index in [4.69, 9.17) is 0 Å². The van der Waals surface area contributed by atoms with Gasteiger partial charge in [-0.1, -0.05) is 31.8 Å². The van der Waals surface area contributed by atoms with E-state index in [2.05, 4.69) is 11.3 Å². The number of halogens is 3. The van der Waals surface area contributed by atoms with Gasteiger partial charge in [-0.2, -0.15) is 13.2 Å². The minimum Gasteiger partial charge on any atom is -0.459 e. The number of alkyl halides is 3. The highest BCUT2D eigenvalue weighted by Gasteiger charge is 2.40. The molecule has 0 saturated carbocycles. The van der Waals surface area contributed by atoms with Gasteiger partial charge >= 0.3 is 12.1 Å². The molecule has 0 atom stereocenters. The fourth-order valence-corrected chi connectivity index (χ4v) is 1.34. The van der Waals surface area contributed by atoms with Crippen molar-refractivity contribution in [3.8, 4) is 0 Å². The Morgan fingerprint density at radius 2 is 1.59 bits per heavy atom. The van der Waals surface area contributed by atoms with Crippen LogP contribution in [0.1, 0.15) is 44.9 Å². The van der Waals surface area contributed by atoms with Crippen molar-refractivity contribution in [2.75, 3.05) is 6.61 Å². The van der Waals surface area contributed by atoms with Crippen molar-refractivity contribution >= 4 is 5.97 Å². The van der Waals surface area contributed by atoms with Crippen molar-refractivity contribution in [2.24, 2.45) is 0 Å². The lowest BCUT2D eigenvalue weighted by atomic mass is 10.1. The second-order valence-electron chi connectivity index (χ2n) is 3.83. The highest BCUT2D eigenvalue weighted by atomic mass is 19.4. The van der Waals surface area contributed by atoms with Crippen molar-refractivity contribution in [1.82, 2.24) is 0 Å². The molecule has 100 valence electrons. The SMILES string of the molecule is C=CCCCCCCCCOC(=O)C(F)(F)F. The number of hydrogen-bond donors (Lipinski definition) is 0. The lowest BCUT2D eigenvalue weighted by molar-refractivity contribution is -0.199. The molecular formula is C12H19F3O2. The third-order valence-corrected chi connectivity index (χ3v) is 2.27. The fraction of sp³-hybridized carbons (Fsp3) is 0.750. The molecule has 0 aliphatic carbocycles. The zero-order valence-corrected chi connectivity index (χ0v) is 9.89. The van der Waals surface area contributed by atoms with Gasteiger partial charge in [0, 0.05) is 0 Å². The van der Waals surface area contributed by atoms with Crippen LogP contribution in [-0.2, 0) is 9.53 Å². The van der Waals surface area contributed by atoms with Crippen molar-refractivity contribution in [3.05, 3.63) is 12.7 Å². The van der Waals surface area contributed by atoms with Crippen molar-refractivity contribution in [3.63, 3.8) is 0 Å². The molecule has 0 aliphatic rings. The fourth-order valence-electron chi connectivity index (χ4n) is 1.34. The summed E-state index contributed by atoms with van der Waals surface area (Å²) in [6, 6.07) is 0. The Morgan fingerprint density at radius 1 is 1.06 bits per heavy atom. The standard InChI is InChI=1S/C12H19F3O2/c1-2-3-4-5-6-7-8-9-10-17-11(16)12(13,14)15/h2H,1,3-10H2. The van der Waals surface area contributed by atoms with Gasteiger partial charge < -0.3 is 4.74 Å². The summed E-state index contributed by atoms with van der Waals surface area (Å²) < 4.78 is 39.2. The molecule has 0 aromatic carbocycles. The molecule has 0 rings (SSSR count). The normalized spacial score (nSPS) is 11.2. The largest absolute Gasteiger partial charge is 0.490 e. The van der Waals surface area contributed by atoms with E-state index in [0.29, 0.717) is 6.42 Å². The van der Waals surface area contributed by atoms with Crippen LogP contribution in [0.25, 0.3) is 0 Å². The monoisotopic (exact) mass is 252 g/mol. The van der Waals surface area contributed by atoms with Gasteiger partial charge in [-0.15, -0.1) is 6.58 Å². The molecule has 0 spiro atoms. The molecule has 2 nitrogen and oxygen atoms in total. The molecule has 0 unspecified atom stereocenters. The van der Waals surface area contributed by atoms with Crippen molar-refractivity contribution in [2.45, 2.75) is 51.1 Å². The van der Waals surface area contributed by atoms with E-state index in [1.807, 2.05) is 6.08 Å². The average Bonchev–Trinajstić information content (AvgIpc) is 2.25. The first-order valence-electron chi connectivity index (χ1n) is 5.83. The minimum absolute atomic E-state index is 0.148. The van der Waals surface area contributed by atoms with E-state index < -0.39 is 12.1 Å². The van der Waals surface area contributed by atoms with E-state index in [-0.39, 0.29) is 6.61 Å². The van der Waals surface area contributed by atoms with E-state index in [1.54, 1.807) is 0 Å². The third-order valence-electron chi connectivity index (χ3n) is 2.27.